The van der Waals surface area contributed by atoms with Gasteiger partial charge in [0.2, 0.25) is 5.78 Å². The minimum Gasteiger partial charge on any atom is -0.451 e. The molecule has 0 radical (unpaired) electrons. The Bertz CT molecular complexity index is 820. The number of fused-ring (bicyclic) bond motifs is 1. The maximum absolute atomic E-state index is 12.5. The molecule has 1 aromatic heterocycles. The van der Waals surface area contributed by atoms with E-state index in [9.17, 15) is 9.59 Å². The number of aromatic amines is 1. The number of H-pyrrole nitrogens is 1. The van der Waals surface area contributed by atoms with Crippen molar-refractivity contribution in [2.24, 2.45) is 0 Å². The number of aromatic nitrogens is 1. The third-order valence-electron chi connectivity index (χ3n) is 3.52. The fourth-order valence-corrected chi connectivity index (χ4v) is 2.35. The standard InChI is InChI=1S/C18H15NO3/c1-12(22-18(21)13-7-3-2-4-8-13)17(20)15-11-19-16-10-6-5-9-14(15)16/h2-12,19H,1H3. The number of benzene rings is 2. The van der Waals surface area contributed by atoms with Gasteiger partial charge in [-0.1, -0.05) is 36.4 Å². The van der Waals surface area contributed by atoms with Crippen molar-refractivity contribution >= 4 is 22.7 Å². The number of nitrogens with one attached hydrogen (secondary N) is 1. The van der Waals surface area contributed by atoms with E-state index in [-0.39, 0.29) is 5.78 Å². The number of Topliss-reactive ketones (excluding diaryl/α,β-unsaturated/α-hetero) is 1. The van der Waals surface area contributed by atoms with Crippen LogP contribution in [0.5, 0.6) is 0 Å². The van der Waals surface area contributed by atoms with Gasteiger partial charge < -0.3 is 9.72 Å². The molecule has 1 atom stereocenters. The number of para-hydroxylation sites is 1. The minimum absolute atomic E-state index is 0.221. The van der Waals surface area contributed by atoms with Gasteiger partial charge in [-0.05, 0) is 25.1 Å². The van der Waals surface area contributed by atoms with E-state index in [2.05, 4.69) is 4.98 Å². The number of hydrogen-bond donors (Lipinski definition) is 1. The Balaban J connectivity index is 1.79. The van der Waals surface area contributed by atoms with Crippen molar-refractivity contribution in [3.05, 3.63) is 71.9 Å². The van der Waals surface area contributed by atoms with Gasteiger partial charge >= 0.3 is 5.97 Å². The first-order valence-electron chi connectivity index (χ1n) is 7.03. The van der Waals surface area contributed by atoms with E-state index in [0.717, 1.165) is 10.9 Å². The van der Waals surface area contributed by atoms with Gasteiger partial charge in [-0.2, -0.15) is 0 Å². The highest BCUT2D eigenvalue weighted by Crippen LogP contribution is 2.20. The number of hydrogen-bond acceptors (Lipinski definition) is 3. The van der Waals surface area contributed by atoms with E-state index >= 15 is 0 Å². The average molecular weight is 293 g/mol. The molecule has 3 aromatic rings. The van der Waals surface area contributed by atoms with E-state index in [0.29, 0.717) is 11.1 Å². The number of carbonyl (C=O) groups excluding carboxylic acids is 2. The highest BCUT2D eigenvalue weighted by atomic mass is 16.5. The molecular weight excluding hydrogens is 278 g/mol. The fraction of sp³-hybridized carbons (Fsp3) is 0.111. The van der Waals surface area contributed by atoms with Crippen LogP contribution in [0, 0.1) is 0 Å². The summed E-state index contributed by atoms with van der Waals surface area (Å²) in [7, 11) is 0. The lowest BCUT2D eigenvalue weighted by molar-refractivity contribution is 0.0319. The van der Waals surface area contributed by atoms with Crippen molar-refractivity contribution in [3.63, 3.8) is 0 Å². The highest BCUT2D eigenvalue weighted by molar-refractivity contribution is 6.10. The lowest BCUT2D eigenvalue weighted by Gasteiger charge is -2.11. The van der Waals surface area contributed by atoms with Crippen LogP contribution in [0.1, 0.15) is 27.6 Å². The van der Waals surface area contributed by atoms with Crippen LogP contribution in [0.25, 0.3) is 10.9 Å². The van der Waals surface area contributed by atoms with E-state index in [1.165, 1.54) is 0 Å². The summed E-state index contributed by atoms with van der Waals surface area (Å²) >= 11 is 0. The maximum Gasteiger partial charge on any atom is 0.338 e. The zero-order chi connectivity index (χ0) is 15.5. The van der Waals surface area contributed by atoms with Gasteiger partial charge in [-0.15, -0.1) is 0 Å². The molecule has 4 nitrogen and oxygen atoms in total. The second-order valence-electron chi connectivity index (χ2n) is 5.03. The largest absolute Gasteiger partial charge is 0.451 e. The first-order valence-corrected chi connectivity index (χ1v) is 7.03. The summed E-state index contributed by atoms with van der Waals surface area (Å²) in [5, 5.41) is 0.829. The molecule has 1 N–H and O–H groups in total. The zero-order valence-electron chi connectivity index (χ0n) is 12.1. The molecule has 0 aliphatic carbocycles. The van der Waals surface area contributed by atoms with E-state index in [4.69, 9.17) is 4.74 Å². The number of carbonyl (C=O) groups is 2. The SMILES string of the molecule is CC(OC(=O)c1ccccc1)C(=O)c1c[nH]c2ccccc12. The van der Waals surface area contributed by atoms with Crippen molar-refractivity contribution < 1.29 is 14.3 Å². The molecule has 0 spiro atoms. The van der Waals surface area contributed by atoms with E-state index in [1.54, 1.807) is 37.4 Å². The van der Waals surface area contributed by atoms with Gasteiger partial charge in [0.1, 0.15) is 0 Å². The normalized spacial score (nSPS) is 12.0. The van der Waals surface area contributed by atoms with Crippen LogP contribution in [0.3, 0.4) is 0 Å². The lowest BCUT2D eigenvalue weighted by atomic mass is 10.1. The van der Waals surface area contributed by atoms with E-state index < -0.39 is 12.1 Å². The van der Waals surface area contributed by atoms with Crippen LogP contribution >= 0.6 is 0 Å². The smallest absolute Gasteiger partial charge is 0.338 e. The Morgan fingerprint density at radius 1 is 1.00 bits per heavy atom. The Morgan fingerprint density at radius 3 is 2.45 bits per heavy atom. The van der Waals surface area contributed by atoms with Crippen molar-refractivity contribution in [2.45, 2.75) is 13.0 Å². The van der Waals surface area contributed by atoms with Crippen molar-refractivity contribution in [2.75, 3.05) is 0 Å². The van der Waals surface area contributed by atoms with Gasteiger partial charge in [-0.25, -0.2) is 4.79 Å². The second-order valence-corrected chi connectivity index (χ2v) is 5.03. The van der Waals surface area contributed by atoms with Gasteiger partial charge in [0.25, 0.3) is 0 Å². The number of ether oxygens (including phenoxy) is 1. The summed E-state index contributed by atoms with van der Waals surface area (Å²) in [4.78, 5) is 27.5. The highest BCUT2D eigenvalue weighted by Gasteiger charge is 2.22. The third-order valence-corrected chi connectivity index (χ3v) is 3.52. The van der Waals surface area contributed by atoms with Gasteiger partial charge in [0, 0.05) is 22.7 Å². The fourth-order valence-electron chi connectivity index (χ4n) is 2.35. The zero-order valence-corrected chi connectivity index (χ0v) is 12.1. The average Bonchev–Trinajstić information content (AvgIpc) is 2.99. The molecule has 110 valence electrons. The van der Waals surface area contributed by atoms with Crippen molar-refractivity contribution in [1.29, 1.82) is 0 Å². The quantitative estimate of drug-likeness (QED) is 0.590. The summed E-state index contributed by atoms with van der Waals surface area (Å²) in [5.74, 6) is -0.719. The molecule has 0 saturated heterocycles. The predicted molar refractivity (Wildman–Crippen MR) is 83.9 cm³/mol. The summed E-state index contributed by atoms with van der Waals surface area (Å²) in [5.41, 5.74) is 1.84. The van der Waals surface area contributed by atoms with Crippen molar-refractivity contribution in [1.82, 2.24) is 4.98 Å². The molecular formula is C18H15NO3. The summed E-state index contributed by atoms with van der Waals surface area (Å²) in [6, 6.07) is 16.2. The van der Waals surface area contributed by atoms with Crippen molar-refractivity contribution in [3.8, 4) is 0 Å². The molecule has 0 amide bonds. The van der Waals surface area contributed by atoms with Crippen LogP contribution in [0.4, 0.5) is 0 Å². The Kier molecular flexibility index (Phi) is 3.74. The van der Waals surface area contributed by atoms with Gasteiger partial charge in [0.15, 0.2) is 6.10 Å². The molecule has 0 bridgehead atoms. The molecule has 0 fully saturated rings. The lowest BCUT2D eigenvalue weighted by Crippen LogP contribution is -2.24. The molecule has 1 heterocycles. The Morgan fingerprint density at radius 2 is 1.68 bits per heavy atom. The second kappa shape index (κ2) is 5.85. The van der Waals surface area contributed by atoms with Crippen LogP contribution in [-0.2, 0) is 4.74 Å². The molecule has 1 unspecified atom stereocenters. The first kappa shape index (κ1) is 14.1. The Hall–Kier alpha value is -2.88. The van der Waals surface area contributed by atoms with Crippen LogP contribution in [0.2, 0.25) is 0 Å². The molecule has 0 saturated carbocycles. The number of esters is 1. The third kappa shape index (κ3) is 2.63. The van der Waals surface area contributed by atoms with Crippen LogP contribution in [0.15, 0.2) is 60.8 Å². The molecule has 2 aromatic carbocycles. The first-order chi connectivity index (χ1) is 10.7. The summed E-state index contributed by atoms with van der Waals surface area (Å²) in [6.45, 7) is 1.59. The summed E-state index contributed by atoms with van der Waals surface area (Å²) in [6.07, 6.45) is 0.812. The Labute approximate surface area is 127 Å². The van der Waals surface area contributed by atoms with E-state index in [1.807, 2.05) is 30.3 Å². The predicted octanol–water partition coefficient (Wildman–Crippen LogP) is 3.60. The number of ketones is 1. The molecule has 4 heteroatoms. The number of rotatable bonds is 4. The molecule has 22 heavy (non-hydrogen) atoms. The summed E-state index contributed by atoms with van der Waals surface area (Å²) < 4.78 is 5.27. The molecule has 0 aliphatic heterocycles. The van der Waals surface area contributed by atoms with Gasteiger partial charge in [0.05, 0.1) is 5.56 Å². The van der Waals surface area contributed by atoms with Crippen LogP contribution < -0.4 is 0 Å². The monoisotopic (exact) mass is 293 g/mol. The van der Waals surface area contributed by atoms with Crippen LogP contribution in [-0.4, -0.2) is 22.8 Å². The minimum atomic E-state index is -0.841. The topological polar surface area (TPSA) is 59.2 Å². The molecule has 0 aliphatic rings. The maximum atomic E-state index is 12.5. The molecule has 3 rings (SSSR count). The van der Waals surface area contributed by atoms with Gasteiger partial charge in [-0.3, -0.25) is 4.79 Å².